The summed E-state index contributed by atoms with van der Waals surface area (Å²) >= 11 is 1.83. The molecule has 3 nitrogen and oxygen atoms in total. The number of rotatable bonds is 5. The molecule has 0 unspecified atom stereocenters. The van der Waals surface area contributed by atoms with E-state index in [-0.39, 0.29) is 0 Å². The van der Waals surface area contributed by atoms with Crippen LogP contribution in [0.4, 0.5) is 5.13 Å². The maximum Gasteiger partial charge on any atom is 0.185 e. The molecule has 1 aromatic rings. The van der Waals surface area contributed by atoms with Gasteiger partial charge in [-0.05, 0) is 24.3 Å². The van der Waals surface area contributed by atoms with E-state index < -0.39 is 0 Å². The van der Waals surface area contributed by atoms with Crippen LogP contribution in [-0.4, -0.2) is 24.6 Å². The van der Waals surface area contributed by atoms with Crippen molar-refractivity contribution in [1.82, 2.24) is 10.3 Å². The molecule has 1 aliphatic heterocycles. The molecule has 1 aliphatic rings. The highest BCUT2D eigenvalue weighted by molar-refractivity contribution is 7.15. The third kappa shape index (κ3) is 3.69. The summed E-state index contributed by atoms with van der Waals surface area (Å²) in [4.78, 5) is 8.34. The highest BCUT2D eigenvalue weighted by Crippen LogP contribution is 2.34. The molecular weight excluding hydrogens is 242 g/mol. The van der Waals surface area contributed by atoms with Crippen LogP contribution in [0.2, 0.25) is 0 Å². The maximum absolute atomic E-state index is 4.57. The Morgan fingerprint density at radius 1 is 1.50 bits per heavy atom. The molecule has 2 rings (SSSR count). The van der Waals surface area contributed by atoms with Crippen molar-refractivity contribution in [3.63, 3.8) is 0 Å². The molecule has 1 fully saturated rings. The van der Waals surface area contributed by atoms with Crippen molar-refractivity contribution < 1.29 is 0 Å². The minimum atomic E-state index is 0.446. The molecule has 0 amide bonds. The summed E-state index contributed by atoms with van der Waals surface area (Å²) in [5.74, 6) is 0.705. The second-order valence-corrected chi connectivity index (χ2v) is 7.56. The number of thiazole rings is 1. The lowest BCUT2D eigenvalue weighted by atomic mass is 9.93. The molecule has 0 radical (unpaired) electrons. The van der Waals surface area contributed by atoms with E-state index in [0.29, 0.717) is 11.3 Å². The van der Waals surface area contributed by atoms with Gasteiger partial charge in [0, 0.05) is 30.7 Å². The van der Waals surface area contributed by atoms with E-state index >= 15 is 0 Å². The molecule has 0 spiro atoms. The number of hydrogen-bond acceptors (Lipinski definition) is 4. The van der Waals surface area contributed by atoms with Gasteiger partial charge in [0.2, 0.25) is 0 Å². The normalized spacial score (nSPS) is 18.8. The zero-order chi connectivity index (χ0) is 13.2. The van der Waals surface area contributed by atoms with Gasteiger partial charge in [-0.25, -0.2) is 4.98 Å². The first-order chi connectivity index (χ1) is 8.46. The number of nitrogens with one attached hydrogen (secondary N) is 1. The Bertz CT molecular complexity index is 384. The maximum atomic E-state index is 4.57. The van der Waals surface area contributed by atoms with Crippen LogP contribution in [0.25, 0.3) is 0 Å². The number of aromatic nitrogens is 1. The van der Waals surface area contributed by atoms with E-state index in [1.807, 2.05) is 17.5 Å². The Balaban J connectivity index is 1.87. The Kier molecular flexibility index (Phi) is 4.28. The third-order valence-electron chi connectivity index (χ3n) is 3.34. The van der Waals surface area contributed by atoms with Crippen molar-refractivity contribution in [2.75, 3.05) is 24.5 Å². The SMILES string of the molecule is CC(C)CNCc1cnc(N2CCC(C)(C)C2)s1. The van der Waals surface area contributed by atoms with Crippen LogP contribution in [0.1, 0.15) is 39.0 Å². The minimum absolute atomic E-state index is 0.446. The zero-order valence-electron chi connectivity index (χ0n) is 12.0. The lowest BCUT2D eigenvalue weighted by Crippen LogP contribution is -2.22. The topological polar surface area (TPSA) is 28.2 Å². The van der Waals surface area contributed by atoms with Crippen molar-refractivity contribution in [2.24, 2.45) is 11.3 Å². The van der Waals surface area contributed by atoms with Gasteiger partial charge in [-0.1, -0.05) is 27.7 Å². The van der Waals surface area contributed by atoms with Crippen molar-refractivity contribution in [2.45, 2.75) is 40.7 Å². The highest BCUT2D eigenvalue weighted by atomic mass is 32.1. The van der Waals surface area contributed by atoms with E-state index in [1.54, 1.807) is 0 Å². The first-order valence-electron chi connectivity index (χ1n) is 6.87. The van der Waals surface area contributed by atoms with Crippen molar-refractivity contribution in [3.05, 3.63) is 11.1 Å². The average Bonchev–Trinajstić information content (AvgIpc) is 2.84. The average molecular weight is 267 g/mol. The van der Waals surface area contributed by atoms with Crippen LogP contribution < -0.4 is 10.2 Å². The third-order valence-corrected chi connectivity index (χ3v) is 4.40. The fourth-order valence-corrected chi connectivity index (χ4v) is 3.19. The second-order valence-electron chi connectivity index (χ2n) is 6.47. The molecule has 18 heavy (non-hydrogen) atoms. The Morgan fingerprint density at radius 2 is 2.28 bits per heavy atom. The molecule has 102 valence electrons. The molecule has 2 heterocycles. The van der Waals surface area contributed by atoms with Crippen LogP contribution in [0, 0.1) is 11.3 Å². The van der Waals surface area contributed by atoms with Gasteiger partial charge in [0.05, 0.1) is 0 Å². The monoisotopic (exact) mass is 267 g/mol. The number of nitrogens with zero attached hydrogens (tertiary/aromatic N) is 2. The Hall–Kier alpha value is -0.610. The Morgan fingerprint density at radius 3 is 2.89 bits per heavy atom. The summed E-state index contributed by atoms with van der Waals surface area (Å²) in [5.41, 5.74) is 0.446. The number of hydrogen-bond donors (Lipinski definition) is 1. The summed E-state index contributed by atoms with van der Waals surface area (Å²) in [6.07, 6.45) is 3.30. The van der Waals surface area contributed by atoms with Gasteiger partial charge in [-0.15, -0.1) is 11.3 Å². The molecule has 0 aliphatic carbocycles. The van der Waals surface area contributed by atoms with Gasteiger partial charge < -0.3 is 10.2 Å². The van der Waals surface area contributed by atoms with Crippen LogP contribution in [0.3, 0.4) is 0 Å². The predicted molar refractivity (Wildman–Crippen MR) is 79.3 cm³/mol. The quantitative estimate of drug-likeness (QED) is 0.888. The van der Waals surface area contributed by atoms with E-state index in [0.717, 1.165) is 26.2 Å². The predicted octanol–water partition coefficient (Wildman–Crippen LogP) is 3.13. The van der Waals surface area contributed by atoms with Crippen LogP contribution in [0.15, 0.2) is 6.20 Å². The molecule has 0 aromatic carbocycles. The smallest absolute Gasteiger partial charge is 0.185 e. The first kappa shape index (κ1) is 13.8. The van der Waals surface area contributed by atoms with Crippen molar-refractivity contribution in [1.29, 1.82) is 0 Å². The minimum Gasteiger partial charge on any atom is -0.348 e. The largest absolute Gasteiger partial charge is 0.348 e. The van der Waals surface area contributed by atoms with Gasteiger partial charge in [0.15, 0.2) is 5.13 Å². The van der Waals surface area contributed by atoms with Crippen LogP contribution in [-0.2, 0) is 6.54 Å². The van der Waals surface area contributed by atoms with Gasteiger partial charge in [0.1, 0.15) is 0 Å². The summed E-state index contributed by atoms with van der Waals surface area (Å²) < 4.78 is 0. The summed E-state index contributed by atoms with van der Waals surface area (Å²) in [6, 6.07) is 0. The Labute approximate surface area is 115 Å². The molecular formula is C14H25N3S. The fourth-order valence-electron chi connectivity index (χ4n) is 2.28. The first-order valence-corrected chi connectivity index (χ1v) is 7.68. The molecule has 1 saturated heterocycles. The fraction of sp³-hybridized carbons (Fsp3) is 0.786. The van der Waals surface area contributed by atoms with Gasteiger partial charge in [0.25, 0.3) is 0 Å². The molecule has 4 heteroatoms. The van der Waals surface area contributed by atoms with Crippen molar-refractivity contribution in [3.8, 4) is 0 Å². The molecule has 1 N–H and O–H groups in total. The van der Waals surface area contributed by atoms with E-state index in [2.05, 4.69) is 42.9 Å². The van der Waals surface area contributed by atoms with Crippen LogP contribution >= 0.6 is 11.3 Å². The molecule has 0 saturated carbocycles. The summed E-state index contributed by atoms with van der Waals surface area (Å²) in [5, 5.41) is 4.67. The van der Waals surface area contributed by atoms with Gasteiger partial charge in [-0.2, -0.15) is 0 Å². The van der Waals surface area contributed by atoms with E-state index in [1.165, 1.54) is 16.4 Å². The van der Waals surface area contributed by atoms with E-state index in [9.17, 15) is 0 Å². The van der Waals surface area contributed by atoms with Crippen molar-refractivity contribution >= 4 is 16.5 Å². The summed E-state index contributed by atoms with van der Waals surface area (Å²) in [6.45, 7) is 13.5. The highest BCUT2D eigenvalue weighted by Gasteiger charge is 2.30. The molecule has 0 atom stereocenters. The lowest BCUT2D eigenvalue weighted by Gasteiger charge is -2.18. The second kappa shape index (κ2) is 5.57. The molecule has 0 bridgehead atoms. The summed E-state index contributed by atoms with van der Waals surface area (Å²) in [7, 11) is 0. The lowest BCUT2D eigenvalue weighted by molar-refractivity contribution is 0.418. The zero-order valence-corrected chi connectivity index (χ0v) is 12.8. The van der Waals surface area contributed by atoms with Crippen LogP contribution in [0.5, 0.6) is 0 Å². The standard InChI is InChI=1S/C14H25N3S/c1-11(2)7-15-8-12-9-16-13(18-12)17-6-5-14(3,4)10-17/h9,11,15H,5-8,10H2,1-4H3. The molecule has 1 aromatic heterocycles. The van der Waals surface area contributed by atoms with Gasteiger partial charge in [-0.3, -0.25) is 0 Å². The van der Waals surface area contributed by atoms with E-state index in [4.69, 9.17) is 0 Å². The number of anilines is 1. The van der Waals surface area contributed by atoms with Gasteiger partial charge >= 0.3 is 0 Å².